The van der Waals surface area contributed by atoms with Crippen LogP contribution < -0.4 is 10.5 Å². The first-order valence-corrected chi connectivity index (χ1v) is 17.8. The first-order chi connectivity index (χ1) is 17.8. The number of pyridine rings is 1. The van der Waals surface area contributed by atoms with Crippen LogP contribution in [0.15, 0.2) is 12.1 Å². The van der Waals surface area contributed by atoms with Crippen molar-refractivity contribution in [3.05, 3.63) is 23.7 Å². The van der Waals surface area contributed by atoms with Crippen molar-refractivity contribution in [1.29, 1.82) is 0 Å². The summed E-state index contributed by atoms with van der Waals surface area (Å²) in [5, 5.41) is 0. The highest BCUT2D eigenvalue weighted by atomic mass is 32.2. The second kappa shape index (κ2) is 13.5. The number of hydrogen-bond donors (Lipinski definition) is 2. The summed E-state index contributed by atoms with van der Waals surface area (Å²) < 4.78 is 73.9. The van der Waals surface area contributed by atoms with Gasteiger partial charge >= 0.3 is 6.18 Å². The van der Waals surface area contributed by atoms with Crippen LogP contribution in [-0.4, -0.2) is 70.3 Å². The highest BCUT2D eigenvalue weighted by molar-refractivity contribution is 7.84. The molecular weight excluding hydrogens is 551 g/mol. The number of rotatable bonds is 14. The van der Waals surface area contributed by atoms with Gasteiger partial charge in [-0.1, -0.05) is 19.6 Å². The van der Waals surface area contributed by atoms with Gasteiger partial charge < -0.3 is 24.5 Å². The fourth-order valence-electron chi connectivity index (χ4n) is 3.55. The molecule has 0 aliphatic heterocycles. The van der Waals surface area contributed by atoms with Crippen LogP contribution in [0.4, 0.5) is 13.2 Å². The van der Waals surface area contributed by atoms with E-state index in [0.29, 0.717) is 29.3 Å². The summed E-state index contributed by atoms with van der Waals surface area (Å²) in [6.45, 7) is 15.3. The van der Waals surface area contributed by atoms with Crippen LogP contribution in [0.25, 0.3) is 11.2 Å². The van der Waals surface area contributed by atoms with Gasteiger partial charge in [0, 0.05) is 21.8 Å². The van der Waals surface area contributed by atoms with E-state index in [2.05, 4.69) is 29.3 Å². The standard InChI is InChI=1S/C25H44F3N5O4SSi/c1-16(37-17(2)25(26,27)28)21(32-38(34)24(3,4)5)23-31-22-20(11-10-19(30-22)18(29)14-35-6)33(23)15-36-12-13-39(7,8)9/h10-11,16-18,21,32H,12-15,29H2,1-9H3/t16-,17-,18-,21+,38-/m1/s1. The quantitative estimate of drug-likeness (QED) is 0.237. The van der Waals surface area contributed by atoms with Gasteiger partial charge in [-0.2, -0.15) is 13.2 Å². The maximum Gasteiger partial charge on any atom is 0.414 e. The van der Waals surface area contributed by atoms with Crippen molar-refractivity contribution in [1.82, 2.24) is 19.3 Å². The topological polar surface area (TPSA) is 114 Å². The Morgan fingerprint density at radius 2 is 1.79 bits per heavy atom. The molecule has 2 heterocycles. The molecule has 3 N–H and O–H groups in total. The Morgan fingerprint density at radius 1 is 1.15 bits per heavy atom. The Balaban J connectivity index is 2.60. The van der Waals surface area contributed by atoms with Gasteiger partial charge in [0.05, 0.1) is 45.7 Å². The lowest BCUT2D eigenvalue weighted by molar-refractivity contribution is -0.227. The van der Waals surface area contributed by atoms with Crippen LogP contribution in [0.3, 0.4) is 0 Å². The Labute approximate surface area is 233 Å². The third-order valence-electron chi connectivity index (χ3n) is 6.02. The number of hydrogen-bond acceptors (Lipinski definition) is 7. The van der Waals surface area contributed by atoms with Crippen LogP contribution in [-0.2, 0) is 31.9 Å². The average molecular weight is 596 g/mol. The molecule has 0 saturated heterocycles. The van der Waals surface area contributed by atoms with Crippen LogP contribution in [0.5, 0.6) is 0 Å². The SMILES string of the molecule is COC[C@@H](N)c1ccc2c(n1)nc([C@@H](N[S@](=O)C(C)(C)C)[C@@H](C)O[C@H](C)C(F)(F)F)n2COCC[Si](C)(C)C. The van der Waals surface area contributed by atoms with E-state index in [9.17, 15) is 17.4 Å². The molecule has 5 atom stereocenters. The molecule has 0 spiro atoms. The first-order valence-electron chi connectivity index (χ1n) is 12.9. The number of alkyl halides is 3. The molecule has 0 aromatic carbocycles. The summed E-state index contributed by atoms with van der Waals surface area (Å²) in [7, 11) is -1.47. The predicted octanol–water partition coefficient (Wildman–Crippen LogP) is 4.84. The van der Waals surface area contributed by atoms with E-state index in [-0.39, 0.29) is 13.3 Å². The number of imidazole rings is 1. The zero-order valence-electron chi connectivity index (χ0n) is 24.4. The highest BCUT2D eigenvalue weighted by Gasteiger charge is 2.40. The summed E-state index contributed by atoms with van der Waals surface area (Å²) in [5.41, 5.74) is 7.68. The lowest BCUT2D eigenvalue weighted by atomic mass is 10.1. The van der Waals surface area contributed by atoms with Crippen molar-refractivity contribution in [3.8, 4) is 0 Å². The normalized spacial score (nSPS) is 17.3. The summed E-state index contributed by atoms with van der Waals surface area (Å²) in [5.74, 6) is 0.308. The zero-order valence-corrected chi connectivity index (χ0v) is 26.2. The number of nitrogens with zero attached hydrogens (tertiary/aromatic N) is 3. The van der Waals surface area contributed by atoms with Crippen molar-refractivity contribution >= 4 is 30.2 Å². The predicted molar refractivity (Wildman–Crippen MR) is 150 cm³/mol. The van der Waals surface area contributed by atoms with Crippen molar-refractivity contribution < 1.29 is 31.6 Å². The van der Waals surface area contributed by atoms with Crippen LogP contribution in [0, 0.1) is 0 Å². The van der Waals surface area contributed by atoms with Gasteiger partial charge in [0.15, 0.2) is 11.8 Å². The fraction of sp³-hybridized carbons (Fsp3) is 0.760. The van der Waals surface area contributed by atoms with Crippen LogP contribution >= 0.6 is 0 Å². The van der Waals surface area contributed by atoms with Gasteiger partial charge in [0.25, 0.3) is 0 Å². The molecule has 39 heavy (non-hydrogen) atoms. The molecule has 2 aromatic heterocycles. The highest BCUT2D eigenvalue weighted by Crippen LogP contribution is 2.30. The fourth-order valence-corrected chi connectivity index (χ4v) is 5.19. The number of fused-ring (bicyclic) bond motifs is 1. The first kappa shape index (κ1) is 33.8. The van der Waals surface area contributed by atoms with Crippen molar-refractivity contribution in [2.75, 3.05) is 20.3 Å². The van der Waals surface area contributed by atoms with Crippen LogP contribution in [0.1, 0.15) is 58.2 Å². The minimum absolute atomic E-state index is 0.0866. The van der Waals surface area contributed by atoms with E-state index in [1.54, 1.807) is 37.5 Å². The van der Waals surface area contributed by atoms with E-state index in [4.69, 9.17) is 24.9 Å². The van der Waals surface area contributed by atoms with Gasteiger partial charge in [-0.25, -0.2) is 18.9 Å². The number of nitrogens with two attached hydrogens (primary N) is 1. The molecule has 0 unspecified atom stereocenters. The van der Waals surface area contributed by atoms with Crippen molar-refractivity contribution in [2.45, 2.75) is 102 Å². The van der Waals surface area contributed by atoms with E-state index in [0.717, 1.165) is 13.0 Å². The number of nitrogens with one attached hydrogen (secondary N) is 1. The zero-order chi connectivity index (χ0) is 29.8. The second-order valence-electron chi connectivity index (χ2n) is 11.9. The van der Waals surface area contributed by atoms with Gasteiger partial charge in [0.1, 0.15) is 18.6 Å². The van der Waals surface area contributed by atoms with Gasteiger partial charge in [0.2, 0.25) is 0 Å². The lowest BCUT2D eigenvalue weighted by Crippen LogP contribution is -2.43. The largest absolute Gasteiger partial charge is 0.414 e. The summed E-state index contributed by atoms with van der Waals surface area (Å²) in [6.07, 6.45) is -7.65. The minimum Gasteiger partial charge on any atom is -0.383 e. The number of aromatic nitrogens is 3. The second-order valence-corrected chi connectivity index (χ2v) is 19.5. The van der Waals surface area contributed by atoms with E-state index in [1.807, 2.05) is 0 Å². The Hall–Kier alpha value is -1.42. The maximum atomic E-state index is 13.4. The minimum atomic E-state index is -4.56. The lowest BCUT2D eigenvalue weighted by Gasteiger charge is -2.30. The third kappa shape index (κ3) is 9.87. The van der Waals surface area contributed by atoms with Crippen molar-refractivity contribution in [2.24, 2.45) is 5.73 Å². The van der Waals surface area contributed by atoms with Crippen LogP contribution in [0.2, 0.25) is 25.7 Å². The molecule has 0 bridgehead atoms. The van der Waals surface area contributed by atoms with Gasteiger partial charge in [-0.15, -0.1) is 0 Å². The molecule has 224 valence electrons. The molecule has 14 heteroatoms. The molecule has 0 fully saturated rings. The molecular formula is C25H44F3N5O4SSi. The third-order valence-corrected chi connectivity index (χ3v) is 9.31. The molecule has 2 rings (SSSR count). The molecule has 0 aliphatic carbocycles. The van der Waals surface area contributed by atoms with E-state index < -0.39 is 54.3 Å². The smallest absolute Gasteiger partial charge is 0.383 e. The van der Waals surface area contributed by atoms with E-state index in [1.165, 1.54) is 14.0 Å². The van der Waals surface area contributed by atoms with Crippen molar-refractivity contribution in [3.63, 3.8) is 0 Å². The number of methoxy groups -OCH3 is 1. The molecule has 0 saturated carbocycles. The summed E-state index contributed by atoms with van der Waals surface area (Å²) in [6, 6.07) is 3.03. The van der Waals surface area contributed by atoms with Gasteiger partial charge in [-0.3, -0.25) is 0 Å². The number of ether oxygens (including phenoxy) is 3. The molecule has 0 amide bonds. The summed E-state index contributed by atoms with van der Waals surface area (Å²) >= 11 is 0. The Kier molecular flexibility index (Phi) is 11.7. The maximum absolute atomic E-state index is 13.4. The average Bonchev–Trinajstić information content (AvgIpc) is 3.15. The molecule has 0 radical (unpaired) electrons. The Morgan fingerprint density at radius 3 is 2.33 bits per heavy atom. The monoisotopic (exact) mass is 595 g/mol. The Bertz CT molecular complexity index is 1100. The number of halogens is 3. The molecule has 0 aliphatic rings. The van der Waals surface area contributed by atoms with E-state index >= 15 is 0 Å². The molecule has 9 nitrogen and oxygen atoms in total. The summed E-state index contributed by atoms with van der Waals surface area (Å²) in [4.78, 5) is 9.30. The van der Waals surface area contributed by atoms with Gasteiger partial charge in [-0.05, 0) is 52.8 Å². The molecule has 2 aromatic rings.